The number of hydrogen-bond donors (Lipinski definition) is 0. The van der Waals surface area contributed by atoms with Crippen molar-refractivity contribution >= 4 is 0 Å². The Kier molecular flexibility index (Phi) is 3.41. The first-order valence-corrected chi connectivity index (χ1v) is 4.81. The van der Waals surface area contributed by atoms with E-state index in [0.717, 1.165) is 11.1 Å². The van der Waals surface area contributed by atoms with Crippen LogP contribution >= 0.6 is 0 Å². The third-order valence-electron chi connectivity index (χ3n) is 1.98. The van der Waals surface area contributed by atoms with Gasteiger partial charge in [0.05, 0.1) is 13.2 Å². The maximum absolute atomic E-state index is 5.53. The summed E-state index contributed by atoms with van der Waals surface area (Å²) in [4.78, 5) is 8.04. The molecule has 0 aliphatic rings. The summed E-state index contributed by atoms with van der Waals surface area (Å²) in [6.45, 7) is 1.17. The molecule has 0 atom stereocenters. The van der Waals surface area contributed by atoms with Crippen molar-refractivity contribution in [3.05, 3.63) is 60.2 Å². The Hall–Kier alpha value is -1.74. The van der Waals surface area contributed by atoms with Gasteiger partial charge in [0, 0.05) is 24.8 Å². The molecule has 76 valence electrons. The van der Waals surface area contributed by atoms with E-state index in [1.807, 2.05) is 36.7 Å². The highest BCUT2D eigenvalue weighted by Crippen LogP contribution is 2.03. The molecule has 0 saturated heterocycles. The Labute approximate surface area is 88.8 Å². The fourth-order valence-electron chi connectivity index (χ4n) is 1.25. The fraction of sp³-hybridized carbons (Fsp3) is 0.167. The minimum Gasteiger partial charge on any atom is -0.372 e. The number of rotatable bonds is 4. The maximum atomic E-state index is 5.53. The standard InChI is InChI=1S/C12H12N2O/c1-3-11(7-13-5-1)9-15-10-12-4-2-6-14-8-12/h1-8H,9-10H2. The van der Waals surface area contributed by atoms with Crippen molar-refractivity contribution in [1.82, 2.24) is 9.97 Å². The summed E-state index contributed by atoms with van der Waals surface area (Å²) in [5, 5.41) is 0. The molecule has 0 aliphatic heterocycles. The molecular formula is C12H12N2O. The zero-order valence-corrected chi connectivity index (χ0v) is 8.34. The number of ether oxygens (including phenoxy) is 1. The van der Waals surface area contributed by atoms with Gasteiger partial charge >= 0.3 is 0 Å². The number of aromatic nitrogens is 2. The van der Waals surface area contributed by atoms with Crippen molar-refractivity contribution in [2.24, 2.45) is 0 Å². The monoisotopic (exact) mass is 200 g/mol. The number of hydrogen-bond acceptors (Lipinski definition) is 3. The van der Waals surface area contributed by atoms with Gasteiger partial charge in [-0.3, -0.25) is 9.97 Å². The largest absolute Gasteiger partial charge is 0.372 e. The van der Waals surface area contributed by atoms with Gasteiger partial charge in [0.2, 0.25) is 0 Å². The molecule has 0 spiro atoms. The van der Waals surface area contributed by atoms with E-state index in [1.54, 1.807) is 12.4 Å². The van der Waals surface area contributed by atoms with Crippen molar-refractivity contribution in [2.45, 2.75) is 13.2 Å². The van der Waals surface area contributed by atoms with Crippen LogP contribution in [-0.4, -0.2) is 9.97 Å². The van der Waals surface area contributed by atoms with Crippen molar-refractivity contribution < 1.29 is 4.74 Å². The molecule has 2 aromatic heterocycles. The molecule has 2 aromatic rings. The van der Waals surface area contributed by atoms with E-state index >= 15 is 0 Å². The second-order valence-corrected chi connectivity index (χ2v) is 3.22. The van der Waals surface area contributed by atoms with Crippen LogP contribution in [-0.2, 0) is 18.0 Å². The zero-order chi connectivity index (χ0) is 10.3. The molecule has 3 nitrogen and oxygen atoms in total. The molecule has 0 bridgehead atoms. The molecule has 2 heterocycles. The third-order valence-corrected chi connectivity index (χ3v) is 1.98. The Morgan fingerprint density at radius 3 is 1.80 bits per heavy atom. The van der Waals surface area contributed by atoms with E-state index in [0.29, 0.717) is 13.2 Å². The van der Waals surface area contributed by atoms with Crippen LogP contribution < -0.4 is 0 Å². The Morgan fingerprint density at radius 1 is 0.867 bits per heavy atom. The predicted molar refractivity (Wildman–Crippen MR) is 57.0 cm³/mol. The van der Waals surface area contributed by atoms with Crippen molar-refractivity contribution in [1.29, 1.82) is 0 Å². The Morgan fingerprint density at radius 2 is 1.40 bits per heavy atom. The smallest absolute Gasteiger partial charge is 0.0736 e. The summed E-state index contributed by atoms with van der Waals surface area (Å²) in [6, 6.07) is 7.80. The van der Waals surface area contributed by atoms with Crippen LogP contribution in [0.3, 0.4) is 0 Å². The van der Waals surface area contributed by atoms with Crippen LogP contribution in [0.15, 0.2) is 49.1 Å². The molecule has 0 amide bonds. The topological polar surface area (TPSA) is 35.0 Å². The minimum atomic E-state index is 0.586. The number of nitrogens with zero attached hydrogens (tertiary/aromatic N) is 2. The lowest BCUT2D eigenvalue weighted by Gasteiger charge is -2.03. The molecule has 0 fully saturated rings. The Balaban J connectivity index is 1.81. The normalized spacial score (nSPS) is 10.1. The van der Waals surface area contributed by atoms with E-state index in [-0.39, 0.29) is 0 Å². The van der Waals surface area contributed by atoms with Crippen LogP contribution in [0.2, 0.25) is 0 Å². The van der Waals surface area contributed by atoms with Crippen molar-refractivity contribution in [3.63, 3.8) is 0 Å². The summed E-state index contributed by atoms with van der Waals surface area (Å²) in [7, 11) is 0. The molecule has 2 rings (SSSR count). The van der Waals surface area contributed by atoms with Gasteiger partial charge < -0.3 is 4.74 Å². The first-order chi connectivity index (χ1) is 7.45. The van der Waals surface area contributed by atoms with Gasteiger partial charge in [-0.25, -0.2) is 0 Å². The summed E-state index contributed by atoms with van der Waals surface area (Å²) >= 11 is 0. The van der Waals surface area contributed by atoms with Gasteiger partial charge in [0.25, 0.3) is 0 Å². The van der Waals surface area contributed by atoms with Crippen molar-refractivity contribution in [2.75, 3.05) is 0 Å². The summed E-state index contributed by atoms with van der Waals surface area (Å²) in [5.41, 5.74) is 2.17. The number of pyridine rings is 2. The molecule has 15 heavy (non-hydrogen) atoms. The van der Waals surface area contributed by atoms with Crippen LogP contribution in [0, 0.1) is 0 Å². The molecule has 0 unspecified atom stereocenters. The maximum Gasteiger partial charge on any atom is 0.0736 e. The van der Waals surface area contributed by atoms with E-state index in [2.05, 4.69) is 9.97 Å². The van der Waals surface area contributed by atoms with Crippen LogP contribution in [0.5, 0.6) is 0 Å². The van der Waals surface area contributed by atoms with E-state index in [9.17, 15) is 0 Å². The molecule has 3 heteroatoms. The lowest BCUT2D eigenvalue weighted by Crippen LogP contribution is -1.94. The first-order valence-electron chi connectivity index (χ1n) is 4.81. The van der Waals surface area contributed by atoms with E-state index in [1.165, 1.54) is 0 Å². The first kappa shape index (κ1) is 9.80. The predicted octanol–water partition coefficient (Wildman–Crippen LogP) is 2.19. The highest BCUT2D eigenvalue weighted by molar-refractivity contribution is 5.08. The third kappa shape index (κ3) is 3.14. The molecule has 0 N–H and O–H groups in total. The SMILES string of the molecule is c1cncc(COCc2cccnc2)c1. The summed E-state index contributed by atoms with van der Waals surface area (Å²) in [5.74, 6) is 0. The average Bonchev–Trinajstić information content (AvgIpc) is 2.32. The van der Waals surface area contributed by atoms with Crippen molar-refractivity contribution in [3.8, 4) is 0 Å². The quantitative estimate of drug-likeness (QED) is 0.758. The lowest BCUT2D eigenvalue weighted by atomic mass is 10.3. The van der Waals surface area contributed by atoms with Gasteiger partial charge in [0.1, 0.15) is 0 Å². The Bertz CT molecular complexity index is 349. The van der Waals surface area contributed by atoms with Crippen LogP contribution in [0.4, 0.5) is 0 Å². The molecule has 0 aromatic carbocycles. The van der Waals surface area contributed by atoms with Crippen LogP contribution in [0.1, 0.15) is 11.1 Å². The lowest BCUT2D eigenvalue weighted by molar-refractivity contribution is 0.107. The highest BCUT2D eigenvalue weighted by atomic mass is 16.5. The summed E-state index contributed by atoms with van der Waals surface area (Å²) in [6.07, 6.45) is 7.13. The van der Waals surface area contributed by atoms with E-state index in [4.69, 9.17) is 4.74 Å². The second-order valence-electron chi connectivity index (χ2n) is 3.22. The van der Waals surface area contributed by atoms with Gasteiger partial charge in [-0.05, 0) is 23.3 Å². The van der Waals surface area contributed by atoms with Gasteiger partial charge in [-0.15, -0.1) is 0 Å². The summed E-state index contributed by atoms with van der Waals surface area (Å²) < 4.78 is 5.53. The minimum absolute atomic E-state index is 0.586. The molecule has 0 radical (unpaired) electrons. The fourth-order valence-corrected chi connectivity index (χ4v) is 1.25. The average molecular weight is 200 g/mol. The highest BCUT2D eigenvalue weighted by Gasteiger charge is 1.94. The van der Waals surface area contributed by atoms with Gasteiger partial charge in [-0.1, -0.05) is 12.1 Å². The molecule has 0 saturated carbocycles. The van der Waals surface area contributed by atoms with Gasteiger partial charge in [0.15, 0.2) is 0 Å². The zero-order valence-electron chi connectivity index (χ0n) is 8.34. The molecule has 0 aliphatic carbocycles. The van der Waals surface area contributed by atoms with Gasteiger partial charge in [-0.2, -0.15) is 0 Å². The second kappa shape index (κ2) is 5.22. The van der Waals surface area contributed by atoms with Crippen LogP contribution in [0.25, 0.3) is 0 Å². The van der Waals surface area contributed by atoms with E-state index < -0.39 is 0 Å². The molecular weight excluding hydrogens is 188 g/mol.